The molecule has 118 valence electrons. The Morgan fingerprint density at radius 3 is 2.64 bits per heavy atom. The average molecular weight is 322 g/mol. The van der Waals surface area contributed by atoms with E-state index in [9.17, 15) is 4.79 Å². The molecule has 4 N–H and O–H groups in total. The number of halogens is 1. The molecule has 0 spiro atoms. The number of aromatic amines is 1. The zero-order valence-electron chi connectivity index (χ0n) is 12.4. The van der Waals surface area contributed by atoms with Gasteiger partial charge in [-0.2, -0.15) is 5.10 Å². The summed E-state index contributed by atoms with van der Waals surface area (Å²) >= 11 is 0. The van der Waals surface area contributed by atoms with Crippen LogP contribution in [0.2, 0.25) is 0 Å². The van der Waals surface area contributed by atoms with Gasteiger partial charge >= 0.3 is 0 Å². The van der Waals surface area contributed by atoms with E-state index in [4.69, 9.17) is 5.73 Å². The number of benzene rings is 1. The summed E-state index contributed by atoms with van der Waals surface area (Å²) in [6.07, 6.45) is 2.34. The zero-order chi connectivity index (χ0) is 14.8. The van der Waals surface area contributed by atoms with Crippen LogP contribution < -0.4 is 11.1 Å². The van der Waals surface area contributed by atoms with Crippen LogP contribution in [0.5, 0.6) is 0 Å². The molecule has 1 aromatic carbocycles. The number of carbonyl (C=O) groups excluding carboxylic acids is 1. The molecule has 1 aromatic heterocycles. The molecular formula is C15H20ClN5O. The lowest BCUT2D eigenvalue weighted by molar-refractivity contribution is -0.119. The van der Waals surface area contributed by atoms with Crippen molar-refractivity contribution in [3.05, 3.63) is 30.1 Å². The predicted octanol–water partition coefficient (Wildman–Crippen LogP) is 2.34. The van der Waals surface area contributed by atoms with Crippen LogP contribution in [0.1, 0.15) is 25.6 Å². The SMILES string of the molecule is CC(C(=O)Nc1ccc(-c2n[nH]c(CN)n2)cc1)C1CC1.Cl. The first-order valence-electron chi connectivity index (χ1n) is 7.20. The zero-order valence-corrected chi connectivity index (χ0v) is 13.2. The minimum Gasteiger partial charge on any atom is -0.326 e. The van der Waals surface area contributed by atoms with E-state index in [1.54, 1.807) is 0 Å². The van der Waals surface area contributed by atoms with E-state index in [0.717, 1.165) is 11.3 Å². The smallest absolute Gasteiger partial charge is 0.227 e. The molecule has 1 fully saturated rings. The third-order valence-electron chi connectivity index (χ3n) is 3.88. The van der Waals surface area contributed by atoms with Crippen LogP contribution in [-0.4, -0.2) is 21.1 Å². The van der Waals surface area contributed by atoms with Crippen molar-refractivity contribution >= 4 is 24.0 Å². The van der Waals surface area contributed by atoms with Gasteiger partial charge in [-0.05, 0) is 43.0 Å². The summed E-state index contributed by atoms with van der Waals surface area (Å²) in [5, 5.41) is 9.83. The normalized spacial score (nSPS) is 15.0. The summed E-state index contributed by atoms with van der Waals surface area (Å²) in [6.45, 7) is 2.32. The third-order valence-corrected chi connectivity index (χ3v) is 3.88. The van der Waals surface area contributed by atoms with Gasteiger partial charge in [0.25, 0.3) is 0 Å². The standard InChI is InChI=1S/C15H19N5O.ClH/c1-9(10-2-3-10)15(21)17-12-6-4-11(5-7-12)14-18-13(8-16)19-20-14;/h4-7,9-10H,2-3,8,16H2,1H3,(H,17,21)(H,18,19,20);1H. The second-order valence-electron chi connectivity index (χ2n) is 5.50. The summed E-state index contributed by atoms with van der Waals surface area (Å²) in [7, 11) is 0. The fourth-order valence-corrected chi connectivity index (χ4v) is 2.28. The van der Waals surface area contributed by atoms with Gasteiger partial charge in [-0.1, -0.05) is 6.92 Å². The highest BCUT2D eigenvalue weighted by Gasteiger charge is 2.32. The number of nitrogens with two attached hydrogens (primary N) is 1. The van der Waals surface area contributed by atoms with E-state index < -0.39 is 0 Å². The van der Waals surface area contributed by atoms with Crippen LogP contribution in [0.3, 0.4) is 0 Å². The number of anilines is 1. The number of hydrogen-bond acceptors (Lipinski definition) is 4. The molecule has 1 heterocycles. The minimum atomic E-state index is 0. The number of nitrogens with one attached hydrogen (secondary N) is 2. The maximum absolute atomic E-state index is 12.0. The fourth-order valence-electron chi connectivity index (χ4n) is 2.28. The number of rotatable bonds is 5. The van der Waals surface area contributed by atoms with E-state index in [0.29, 0.717) is 24.1 Å². The summed E-state index contributed by atoms with van der Waals surface area (Å²) in [5.41, 5.74) is 7.18. The van der Waals surface area contributed by atoms with Crippen LogP contribution in [0, 0.1) is 11.8 Å². The third kappa shape index (κ3) is 3.64. The monoisotopic (exact) mass is 321 g/mol. The first-order valence-corrected chi connectivity index (χ1v) is 7.20. The van der Waals surface area contributed by atoms with Crippen LogP contribution in [0.15, 0.2) is 24.3 Å². The largest absolute Gasteiger partial charge is 0.326 e. The van der Waals surface area contributed by atoms with Gasteiger partial charge in [0.15, 0.2) is 5.82 Å². The second kappa shape index (κ2) is 6.89. The van der Waals surface area contributed by atoms with Crippen molar-refractivity contribution in [2.24, 2.45) is 17.6 Å². The van der Waals surface area contributed by atoms with Crippen LogP contribution >= 0.6 is 12.4 Å². The van der Waals surface area contributed by atoms with Gasteiger partial charge in [-0.25, -0.2) is 4.98 Å². The number of carbonyl (C=O) groups is 1. The van der Waals surface area contributed by atoms with Gasteiger partial charge < -0.3 is 11.1 Å². The molecule has 1 aliphatic rings. The Labute approximate surface area is 135 Å². The van der Waals surface area contributed by atoms with Crippen LogP contribution in [-0.2, 0) is 11.3 Å². The molecule has 7 heteroatoms. The summed E-state index contributed by atoms with van der Waals surface area (Å²) in [5.74, 6) is 2.01. The average Bonchev–Trinajstić information content (AvgIpc) is 3.24. The molecule has 0 radical (unpaired) electrons. The van der Waals surface area contributed by atoms with Crippen molar-refractivity contribution < 1.29 is 4.79 Å². The van der Waals surface area contributed by atoms with Crippen LogP contribution in [0.25, 0.3) is 11.4 Å². The molecule has 1 unspecified atom stereocenters. The maximum Gasteiger partial charge on any atom is 0.227 e. The van der Waals surface area contributed by atoms with Crippen molar-refractivity contribution in [3.63, 3.8) is 0 Å². The maximum atomic E-state index is 12.0. The van der Waals surface area contributed by atoms with Crippen molar-refractivity contribution in [1.82, 2.24) is 15.2 Å². The molecule has 22 heavy (non-hydrogen) atoms. The van der Waals surface area contributed by atoms with Crippen molar-refractivity contribution in [2.45, 2.75) is 26.3 Å². The first kappa shape index (κ1) is 16.5. The number of hydrogen-bond donors (Lipinski definition) is 3. The second-order valence-corrected chi connectivity index (χ2v) is 5.50. The van der Waals surface area contributed by atoms with E-state index >= 15 is 0 Å². The highest BCUT2D eigenvalue weighted by atomic mass is 35.5. The highest BCUT2D eigenvalue weighted by Crippen LogP contribution is 2.37. The molecule has 1 aliphatic carbocycles. The van der Waals surface area contributed by atoms with Gasteiger partial charge in [0.1, 0.15) is 5.82 Å². The Bertz CT molecular complexity index is 636. The topological polar surface area (TPSA) is 96.7 Å². The number of aromatic nitrogens is 3. The van der Waals surface area contributed by atoms with E-state index in [1.165, 1.54) is 12.8 Å². The van der Waals surface area contributed by atoms with Gasteiger partial charge in [-0.3, -0.25) is 9.89 Å². The molecule has 3 rings (SSSR count). The van der Waals surface area contributed by atoms with Gasteiger partial charge in [-0.15, -0.1) is 12.4 Å². The van der Waals surface area contributed by atoms with Crippen molar-refractivity contribution in [1.29, 1.82) is 0 Å². The van der Waals surface area contributed by atoms with Crippen molar-refractivity contribution in [3.8, 4) is 11.4 Å². The molecule has 2 aromatic rings. The molecule has 6 nitrogen and oxygen atoms in total. The number of H-pyrrole nitrogens is 1. The summed E-state index contributed by atoms with van der Waals surface area (Å²) < 4.78 is 0. The molecule has 0 aliphatic heterocycles. The van der Waals surface area contributed by atoms with Crippen LogP contribution in [0.4, 0.5) is 5.69 Å². The molecule has 1 atom stereocenters. The summed E-state index contributed by atoms with van der Waals surface area (Å²) in [6, 6.07) is 7.51. The quantitative estimate of drug-likeness (QED) is 0.787. The van der Waals surface area contributed by atoms with E-state index in [2.05, 4.69) is 20.5 Å². The lowest BCUT2D eigenvalue weighted by atomic mass is 10.1. The van der Waals surface area contributed by atoms with Gasteiger partial charge in [0.05, 0.1) is 6.54 Å². The van der Waals surface area contributed by atoms with Crippen molar-refractivity contribution in [2.75, 3.05) is 5.32 Å². The minimum absolute atomic E-state index is 0. The molecule has 1 amide bonds. The highest BCUT2D eigenvalue weighted by molar-refractivity contribution is 5.92. The Morgan fingerprint density at radius 2 is 2.09 bits per heavy atom. The first-order chi connectivity index (χ1) is 10.2. The Morgan fingerprint density at radius 1 is 1.41 bits per heavy atom. The fraction of sp³-hybridized carbons (Fsp3) is 0.400. The lowest BCUT2D eigenvalue weighted by Gasteiger charge is -2.11. The lowest BCUT2D eigenvalue weighted by Crippen LogP contribution is -2.21. The number of nitrogens with zero attached hydrogens (tertiary/aromatic N) is 2. The molecular weight excluding hydrogens is 302 g/mol. The Hall–Kier alpha value is -1.92. The Balaban J connectivity index is 0.00000176. The van der Waals surface area contributed by atoms with E-state index in [-0.39, 0.29) is 24.2 Å². The molecule has 1 saturated carbocycles. The molecule has 0 bridgehead atoms. The van der Waals surface area contributed by atoms with Gasteiger partial charge in [0, 0.05) is 17.2 Å². The van der Waals surface area contributed by atoms with Gasteiger partial charge in [0.2, 0.25) is 5.91 Å². The molecule has 0 saturated heterocycles. The Kier molecular flexibility index (Phi) is 5.15. The summed E-state index contributed by atoms with van der Waals surface area (Å²) in [4.78, 5) is 16.3. The van der Waals surface area contributed by atoms with E-state index in [1.807, 2.05) is 31.2 Å². The number of amides is 1. The predicted molar refractivity (Wildman–Crippen MR) is 87.5 cm³/mol.